The quantitative estimate of drug-likeness (QED) is 0.885. The fraction of sp³-hybridized carbons (Fsp3) is 0.471. The maximum absolute atomic E-state index is 12.8. The van der Waals surface area contributed by atoms with E-state index < -0.39 is 0 Å². The number of carbonyl (C=O) groups excluding carboxylic acids is 2. The summed E-state index contributed by atoms with van der Waals surface area (Å²) in [5, 5.41) is 6.58. The minimum atomic E-state index is -0.153. The minimum absolute atomic E-state index is 0.123. The second-order valence-electron chi connectivity index (χ2n) is 6.03. The molecule has 132 valence electrons. The zero-order chi connectivity index (χ0) is 17.8. The number of hydrogen-bond acceptors (Lipinski definition) is 6. The van der Waals surface area contributed by atoms with Gasteiger partial charge in [-0.05, 0) is 12.8 Å². The van der Waals surface area contributed by atoms with Crippen LogP contribution >= 0.6 is 0 Å². The smallest absolute Gasteiger partial charge is 0.276 e. The van der Waals surface area contributed by atoms with Gasteiger partial charge in [-0.3, -0.25) is 19.6 Å². The molecule has 0 saturated carbocycles. The number of hydrogen-bond donors (Lipinski definition) is 1. The van der Waals surface area contributed by atoms with Crippen LogP contribution in [0.4, 0.5) is 0 Å². The van der Waals surface area contributed by atoms with Crippen LogP contribution in [0.25, 0.3) is 0 Å². The molecule has 0 bridgehead atoms. The van der Waals surface area contributed by atoms with E-state index in [1.165, 1.54) is 6.92 Å². The van der Waals surface area contributed by atoms with Gasteiger partial charge in [0, 0.05) is 26.0 Å². The molecule has 2 amide bonds. The molecule has 3 heterocycles. The Hall–Kier alpha value is -2.77. The van der Waals surface area contributed by atoms with Gasteiger partial charge in [0.1, 0.15) is 5.76 Å². The van der Waals surface area contributed by atoms with Gasteiger partial charge in [-0.25, -0.2) is 0 Å². The van der Waals surface area contributed by atoms with Gasteiger partial charge in [0.05, 0.1) is 36.4 Å². The Bertz CT molecular complexity index is 773. The summed E-state index contributed by atoms with van der Waals surface area (Å²) in [7, 11) is 0. The molecule has 1 fully saturated rings. The lowest BCUT2D eigenvalue weighted by atomic mass is 10.1. The molecule has 1 N–H and O–H groups in total. The number of aryl methyl sites for hydroxylation is 1. The van der Waals surface area contributed by atoms with Crippen LogP contribution in [0.3, 0.4) is 0 Å². The molecule has 0 aliphatic carbocycles. The third-order valence-electron chi connectivity index (χ3n) is 4.20. The van der Waals surface area contributed by atoms with Gasteiger partial charge in [0.2, 0.25) is 5.91 Å². The second-order valence-corrected chi connectivity index (χ2v) is 6.03. The number of nitrogens with zero attached hydrogens (tertiary/aromatic N) is 4. The van der Waals surface area contributed by atoms with Crippen molar-refractivity contribution in [1.82, 2.24) is 25.3 Å². The predicted molar refractivity (Wildman–Crippen MR) is 88.4 cm³/mol. The summed E-state index contributed by atoms with van der Waals surface area (Å²) in [6.07, 6.45) is 5.70. The van der Waals surface area contributed by atoms with Crippen LogP contribution < -0.4 is 5.32 Å². The molecule has 0 aromatic carbocycles. The van der Waals surface area contributed by atoms with Crippen LogP contribution in [-0.4, -0.2) is 38.4 Å². The molecule has 2 aromatic heterocycles. The fourth-order valence-electron chi connectivity index (χ4n) is 2.93. The molecule has 2 aromatic rings. The van der Waals surface area contributed by atoms with Crippen molar-refractivity contribution in [1.29, 1.82) is 0 Å². The molecule has 1 saturated heterocycles. The van der Waals surface area contributed by atoms with Crippen LogP contribution in [0.1, 0.15) is 60.4 Å². The highest BCUT2D eigenvalue weighted by atomic mass is 16.5. The normalized spacial score (nSPS) is 16.9. The van der Waals surface area contributed by atoms with Crippen LogP contribution in [0, 0.1) is 0 Å². The summed E-state index contributed by atoms with van der Waals surface area (Å²) in [6, 6.07) is 1.55. The lowest BCUT2D eigenvalue weighted by Gasteiger charge is -2.23. The van der Waals surface area contributed by atoms with Gasteiger partial charge in [-0.2, -0.15) is 0 Å². The van der Waals surface area contributed by atoms with E-state index in [1.807, 2.05) is 6.92 Å². The lowest BCUT2D eigenvalue weighted by Crippen LogP contribution is -2.31. The molecule has 3 rings (SSSR count). The van der Waals surface area contributed by atoms with Gasteiger partial charge in [-0.15, -0.1) is 0 Å². The molecular formula is C17H21N5O3. The van der Waals surface area contributed by atoms with Crippen LogP contribution in [0.15, 0.2) is 23.0 Å². The van der Waals surface area contributed by atoms with Crippen molar-refractivity contribution in [2.45, 2.75) is 45.7 Å². The van der Waals surface area contributed by atoms with Gasteiger partial charge in [-0.1, -0.05) is 12.1 Å². The van der Waals surface area contributed by atoms with Gasteiger partial charge in [0.15, 0.2) is 5.69 Å². The zero-order valence-corrected chi connectivity index (χ0v) is 14.4. The monoisotopic (exact) mass is 343 g/mol. The molecule has 1 aliphatic heterocycles. The Morgan fingerprint density at radius 1 is 1.40 bits per heavy atom. The Kier molecular flexibility index (Phi) is 5.06. The number of likely N-dealkylation sites (tertiary alicyclic amines) is 1. The highest BCUT2D eigenvalue weighted by molar-refractivity contribution is 5.92. The third-order valence-corrected chi connectivity index (χ3v) is 4.20. The maximum Gasteiger partial charge on any atom is 0.276 e. The Labute approximate surface area is 145 Å². The summed E-state index contributed by atoms with van der Waals surface area (Å²) < 4.78 is 5.14. The maximum atomic E-state index is 12.8. The lowest BCUT2D eigenvalue weighted by molar-refractivity contribution is -0.119. The third kappa shape index (κ3) is 3.84. The first-order valence-electron chi connectivity index (χ1n) is 8.40. The summed E-state index contributed by atoms with van der Waals surface area (Å²) in [4.78, 5) is 34.3. The van der Waals surface area contributed by atoms with Crippen LogP contribution in [0.5, 0.6) is 0 Å². The average Bonchev–Trinajstić information content (AvgIpc) is 3.28. The van der Waals surface area contributed by atoms with E-state index in [0.717, 1.165) is 18.5 Å². The van der Waals surface area contributed by atoms with Crippen LogP contribution in [-0.2, 0) is 17.8 Å². The molecule has 0 unspecified atom stereocenters. The van der Waals surface area contributed by atoms with E-state index >= 15 is 0 Å². The van der Waals surface area contributed by atoms with E-state index in [1.54, 1.807) is 23.4 Å². The van der Waals surface area contributed by atoms with E-state index in [9.17, 15) is 9.59 Å². The largest absolute Gasteiger partial charge is 0.361 e. The molecule has 1 aliphatic rings. The zero-order valence-electron chi connectivity index (χ0n) is 14.4. The van der Waals surface area contributed by atoms with E-state index in [0.29, 0.717) is 36.7 Å². The molecule has 1 atom stereocenters. The Balaban J connectivity index is 1.78. The number of aromatic nitrogens is 3. The molecule has 8 nitrogen and oxygen atoms in total. The first-order valence-corrected chi connectivity index (χ1v) is 8.40. The van der Waals surface area contributed by atoms with Crippen molar-refractivity contribution in [3.8, 4) is 0 Å². The number of carbonyl (C=O) groups is 2. The first kappa shape index (κ1) is 17.1. The molecule has 0 radical (unpaired) electrons. The number of nitrogens with one attached hydrogen (secondary N) is 1. The van der Waals surface area contributed by atoms with Crippen molar-refractivity contribution < 1.29 is 14.1 Å². The minimum Gasteiger partial charge on any atom is -0.361 e. The summed E-state index contributed by atoms with van der Waals surface area (Å²) in [5.74, 6) is 0.416. The van der Waals surface area contributed by atoms with Crippen LogP contribution in [0.2, 0.25) is 0 Å². The van der Waals surface area contributed by atoms with Crippen molar-refractivity contribution >= 4 is 11.8 Å². The Morgan fingerprint density at radius 3 is 2.96 bits per heavy atom. The molecule has 8 heteroatoms. The van der Waals surface area contributed by atoms with E-state index in [4.69, 9.17) is 4.52 Å². The second kappa shape index (κ2) is 7.42. The number of rotatable bonds is 5. The molecule has 25 heavy (non-hydrogen) atoms. The fourth-order valence-corrected chi connectivity index (χ4v) is 2.93. The summed E-state index contributed by atoms with van der Waals surface area (Å²) >= 11 is 0. The van der Waals surface area contributed by atoms with Crippen molar-refractivity contribution in [2.24, 2.45) is 0 Å². The van der Waals surface area contributed by atoms with Gasteiger partial charge >= 0.3 is 0 Å². The van der Waals surface area contributed by atoms with Gasteiger partial charge < -0.3 is 14.7 Å². The highest BCUT2D eigenvalue weighted by Gasteiger charge is 2.33. The van der Waals surface area contributed by atoms with Gasteiger partial charge in [0.25, 0.3) is 5.91 Å². The van der Waals surface area contributed by atoms with Crippen molar-refractivity contribution in [3.05, 3.63) is 41.3 Å². The summed E-state index contributed by atoms with van der Waals surface area (Å²) in [6.45, 7) is 4.37. The summed E-state index contributed by atoms with van der Waals surface area (Å²) in [5.41, 5.74) is 1.72. The standard InChI is InChI=1S/C17H21N5O3/c1-3-13-7-14(21-25-13)17(24)22-6-4-5-16(22)15-10-18-8-12(20-15)9-19-11(2)23/h7-8,10,16H,3-6,9H2,1-2H3,(H,19,23)/t16-/m0/s1. The highest BCUT2D eigenvalue weighted by Crippen LogP contribution is 2.31. The number of amides is 2. The topological polar surface area (TPSA) is 101 Å². The first-order chi connectivity index (χ1) is 12.1. The van der Waals surface area contributed by atoms with Crippen molar-refractivity contribution in [3.63, 3.8) is 0 Å². The molecule has 0 spiro atoms. The van der Waals surface area contributed by atoms with Crippen molar-refractivity contribution in [2.75, 3.05) is 6.54 Å². The predicted octanol–water partition coefficient (Wildman–Crippen LogP) is 1.64. The van der Waals surface area contributed by atoms with E-state index in [2.05, 4.69) is 20.4 Å². The molecular weight excluding hydrogens is 322 g/mol. The SMILES string of the molecule is CCc1cc(C(=O)N2CCC[C@H]2c2cncc(CNC(C)=O)n2)no1. The Morgan fingerprint density at radius 2 is 2.24 bits per heavy atom. The van der Waals surface area contributed by atoms with E-state index in [-0.39, 0.29) is 17.9 Å². The average molecular weight is 343 g/mol.